The molecule has 8 nitrogen and oxygen atoms in total. The molecular formula is C30H38FN3O5. The van der Waals surface area contributed by atoms with Crippen LogP contribution in [0.2, 0.25) is 0 Å². The normalized spacial score (nSPS) is 15.7. The van der Waals surface area contributed by atoms with Gasteiger partial charge in [-0.3, -0.25) is 0 Å². The van der Waals surface area contributed by atoms with Crippen LogP contribution in [0.1, 0.15) is 49.5 Å². The number of likely N-dealkylation sites (tertiary alicyclic amines) is 1. The third-order valence-corrected chi connectivity index (χ3v) is 6.65. The van der Waals surface area contributed by atoms with Crippen LogP contribution in [0.25, 0.3) is 10.9 Å². The summed E-state index contributed by atoms with van der Waals surface area (Å²) in [5, 5.41) is 3.49. The van der Waals surface area contributed by atoms with Gasteiger partial charge < -0.3 is 29.4 Å². The number of hydrogen-bond donors (Lipinski definition) is 2. The van der Waals surface area contributed by atoms with Gasteiger partial charge >= 0.3 is 12.1 Å². The molecule has 210 valence electrons. The molecule has 1 aliphatic heterocycles. The average Bonchev–Trinajstić information content (AvgIpc) is 3.30. The summed E-state index contributed by atoms with van der Waals surface area (Å²) in [6.07, 6.45) is 2.82. The lowest BCUT2D eigenvalue weighted by atomic mass is 9.97. The van der Waals surface area contributed by atoms with Crippen molar-refractivity contribution in [3.8, 4) is 0 Å². The lowest BCUT2D eigenvalue weighted by Gasteiger charge is -2.34. The molecule has 2 N–H and O–H groups in total. The van der Waals surface area contributed by atoms with Gasteiger partial charge in [0, 0.05) is 23.6 Å². The third-order valence-electron chi connectivity index (χ3n) is 6.65. The van der Waals surface area contributed by atoms with Gasteiger partial charge in [-0.05, 0) is 76.4 Å². The van der Waals surface area contributed by atoms with Gasteiger partial charge in [0.2, 0.25) is 0 Å². The number of carbonyl (C=O) groups is 2. The van der Waals surface area contributed by atoms with Crippen molar-refractivity contribution < 1.29 is 28.2 Å². The number of aromatic amines is 1. The van der Waals surface area contributed by atoms with Crippen molar-refractivity contribution in [2.45, 2.75) is 51.9 Å². The van der Waals surface area contributed by atoms with Gasteiger partial charge in [-0.15, -0.1) is 0 Å². The highest BCUT2D eigenvalue weighted by molar-refractivity contribution is 6.04. The number of esters is 1. The number of nitrogens with one attached hydrogen (secondary N) is 2. The van der Waals surface area contributed by atoms with Crippen LogP contribution in [-0.4, -0.2) is 66.4 Å². The van der Waals surface area contributed by atoms with Gasteiger partial charge in [0.05, 0.1) is 31.4 Å². The minimum atomic E-state index is -0.587. The van der Waals surface area contributed by atoms with Crippen molar-refractivity contribution in [1.29, 1.82) is 0 Å². The Hall–Kier alpha value is -3.43. The first-order valence-electron chi connectivity index (χ1n) is 13.4. The van der Waals surface area contributed by atoms with E-state index in [0.717, 1.165) is 31.5 Å². The summed E-state index contributed by atoms with van der Waals surface area (Å²) < 4.78 is 30.6. The Bertz CT molecular complexity index is 1230. The Morgan fingerprint density at radius 1 is 1.13 bits per heavy atom. The maximum Gasteiger partial charge on any atom is 0.407 e. The molecule has 0 spiro atoms. The summed E-state index contributed by atoms with van der Waals surface area (Å²) >= 11 is 0. The molecule has 4 rings (SSSR count). The van der Waals surface area contributed by atoms with E-state index in [1.165, 1.54) is 12.1 Å². The summed E-state index contributed by atoms with van der Waals surface area (Å²) in [6.45, 7) is 8.89. The fraction of sp³-hybridized carbons (Fsp3) is 0.467. The molecule has 1 amide bonds. The van der Waals surface area contributed by atoms with E-state index in [-0.39, 0.29) is 12.0 Å². The van der Waals surface area contributed by atoms with E-state index >= 15 is 0 Å². The summed E-state index contributed by atoms with van der Waals surface area (Å²) in [5.41, 5.74) is 1.52. The zero-order chi connectivity index (χ0) is 27.8. The van der Waals surface area contributed by atoms with Crippen LogP contribution in [0.5, 0.6) is 0 Å². The van der Waals surface area contributed by atoms with Crippen molar-refractivity contribution in [2.75, 3.05) is 32.8 Å². The first kappa shape index (κ1) is 28.6. The Labute approximate surface area is 228 Å². The number of benzene rings is 2. The number of hydrogen-bond acceptors (Lipinski definition) is 6. The van der Waals surface area contributed by atoms with Crippen LogP contribution < -0.4 is 5.32 Å². The number of rotatable bonds is 10. The highest BCUT2D eigenvalue weighted by Crippen LogP contribution is 2.22. The molecule has 0 aliphatic carbocycles. The van der Waals surface area contributed by atoms with E-state index < -0.39 is 23.5 Å². The van der Waals surface area contributed by atoms with E-state index in [9.17, 15) is 14.0 Å². The molecule has 1 fully saturated rings. The third kappa shape index (κ3) is 8.80. The number of alkyl carbamates (subject to hydrolysis) is 1. The molecule has 2 heterocycles. The number of halogens is 1. The molecule has 2 aromatic carbocycles. The van der Waals surface area contributed by atoms with Crippen molar-refractivity contribution in [3.05, 3.63) is 71.7 Å². The fourth-order valence-electron chi connectivity index (χ4n) is 4.69. The minimum absolute atomic E-state index is 0.235. The number of fused-ring (bicyclic) bond motifs is 1. The maximum absolute atomic E-state index is 13.6. The number of carbonyl (C=O) groups excluding carboxylic acids is 2. The number of piperidine rings is 1. The van der Waals surface area contributed by atoms with Crippen LogP contribution in [0, 0.1) is 11.7 Å². The predicted molar refractivity (Wildman–Crippen MR) is 147 cm³/mol. The Balaban J connectivity index is 1.25. The molecule has 0 saturated carbocycles. The van der Waals surface area contributed by atoms with Gasteiger partial charge in [0.15, 0.2) is 0 Å². The lowest BCUT2D eigenvalue weighted by Crippen LogP contribution is -2.49. The topological polar surface area (TPSA) is 92.9 Å². The lowest BCUT2D eigenvalue weighted by molar-refractivity contribution is 0.0311. The van der Waals surface area contributed by atoms with Crippen molar-refractivity contribution >= 4 is 23.0 Å². The Morgan fingerprint density at radius 3 is 2.59 bits per heavy atom. The molecule has 0 bridgehead atoms. The van der Waals surface area contributed by atoms with Crippen molar-refractivity contribution in [3.63, 3.8) is 0 Å². The van der Waals surface area contributed by atoms with Crippen molar-refractivity contribution in [2.24, 2.45) is 5.92 Å². The Kier molecular flexibility index (Phi) is 9.59. The number of H-pyrrole nitrogens is 1. The summed E-state index contributed by atoms with van der Waals surface area (Å²) in [5.74, 6) is -0.612. The molecule has 9 heteroatoms. The van der Waals surface area contributed by atoms with Crippen LogP contribution in [-0.2, 0) is 20.8 Å². The van der Waals surface area contributed by atoms with Gasteiger partial charge in [0.25, 0.3) is 0 Å². The second-order valence-corrected chi connectivity index (χ2v) is 11.1. The smallest absolute Gasteiger partial charge is 0.407 e. The molecular weight excluding hydrogens is 501 g/mol. The molecule has 1 aromatic heterocycles. The molecule has 39 heavy (non-hydrogen) atoms. The largest absolute Gasteiger partial charge is 0.462 e. The zero-order valence-electron chi connectivity index (χ0n) is 22.9. The minimum Gasteiger partial charge on any atom is -0.462 e. The fourth-order valence-corrected chi connectivity index (χ4v) is 4.69. The number of ether oxygens (including phenoxy) is 3. The molecule has 0 radical (unpaired) electrons. The highest BCUT2D eigenvalue weighted by atomic mass is 19.1. The highest BCUT2D eigenvalue weighted by Gasteiger charge is 2.26. The number of amides is 1. The molecule has 1 saturated heterocycles. The molecule has 3 aromatic rings. The van der Waals surface area contributed by atoms with E-state index in [4.69, 9.17) is 14.2 Å². The summed E-state index contributed by atoms with van der Waals surface area (Å²) in [6, 6.07) is 14.0. The van der Waals surface area contributed by atoms with Gasteiger partial charge in [-0.2, -0.15) is 0 Å². The van der Waals surface area contributed by atoms with E-state index in [1.807, 2.05) is 51.1 Å². The quantitative estimate of drug-likeness (QED) is 0.340. The monoisotopic (exact) mass is 539 g/mol. The Morgan fingerprint density at radius 2 is 1.87 bits per heavy atom. The molecule has 1 aliphatic rings. The van der Waals surface area contributed by atoms with Gasteiger partial charge in [-0.25, -0.2) is 14.0 Å². The van der Waals surface area contributed by atoms with Crippen LogP contribution in [0.4, 0.5) is 9.18 Å². The summed E-state index contributed by atoms with van der Waals surface area (Å²) in [4.78, 5) is 30.4. The summed E-state index contributed by atoms with van der Waals surface area (Å²) in [7, 11) is 0. The standard InChI is InChI=1S/C30H38FN3O5/c1-30(2,3)39-29(36)33-24(20-37-18-21-7-5-4-6-8-21)17-34-13-11-22(12-14-34)19-38-28(35)26-16-32-27-10-9-23(31)15-25(26)27/h4-10,15-16,22,24,32H,11-14,17-20H2,1-3H3,(H,33,36)/t24-/m1/s1. The van der Waals surface area contributed by atoms with E-state index in [2.05, 4.69) is 15.2 Å². The zero-order valence-corrected chi connectivity index (χ0v) is 22.9. The van der Waals surface area contributed by atoms with Crippen LogP contribution in [0.3, 0.4) is 0 Å². The van der Waals surface area contributed by atoms with E-state index in [1.54, 1.807) is 12.3 Å². The van der Waals surface area contributed by atoms with Crippen LogP contribution >= 0.6 is 0 Å². The second-order valence-electron chi connectivity index (χ2n) is 11.1. The van der Waals surface area contributed by atoms with Gasteiger partial charge in [0.1, 0.15) is 11.4 Å². The van der Waals surface area contributed by atoms with Crippen LogP contribution in [0.15, 0.2) is 54.7 Å². The molecule has 1 atom stereocenters. The predicted octanol–water partition coefficient (Wildman–Crippen LogP) is 5.29. The van der Waals surface area contributed by atoms with Crippen molar-refractivity contribution in [1.82, 2.24) is 15.2 Å². The maximum atomic E-state index is 13.6. The first-order chi connectivity index (χ1) is 18.7. The number of nitrogens with zero attached hydrogens (tertiary/aromatic N) is 1. The van der Waals surface area contributed by atoms with Gasteiger partial charge in [-0.1, -0.05) is 30.3 Å². The van der Waals surface area contributed by atoms with E-state index in [0.29, 0.717) is 42.8 Å². The molecule has 0 unspecified atom stereocenters. The second kappa shape index (κ2) is 13.1. The number of aromatic nitrogens is 1. The average molecular weight is 540 g/mol. The SMILES string of the molecule is CC(C)(C)OC(=O)N[C@@H](COCc1ccccc1)CN1CCC(COC(=O)c2c[nH]c3ccc(F)cc23)CC1. The first-order valence-corrected chi connectivity index (χ1v) is 13.4.